The summed E-state index contributed by atoms with van der Waals surface area (Å²) >= 11 is 0. The second-order valence-corrected chi connectivity index (χ2v) is 8.87. The molecular formula is C19H26F3N5O. The summed E-state index contributed by atoms with van der Waals surface area (Å²) in [5, 5.41) is 6.91. The Morgan fingerprint density at radius 2 is 1.79 bits per heavy atom. The molecule has 1 aromatic rings. The van der Waals surface area contributed by atoms with E-state index in [1.54, 1.807) is 0 Å². The molecule has 1 saturated heterocycles. The monoisotopic (exact) mass is 397 g/mol. The minimum Gasteiger partial charge on any atom is -0.351 e. The number of anilines is 1. The van der Waals surface area contributed by atoms with Crippen LogP contribution < -0.4 is 5.32 Å². The van der Waals surface area contributed by atoms with E-state index in [2.05, 4.69) is 15.4 Å². The van der Waals surface area contributed by atoms with Crippen LogP contribution >= 0.6 is 0 Å². The van der Waals surface area contributed by atoms with E-state index in [1.165, 1.54) is 32.0 Å². The maximum Gasteiger partial charge on any atom is 0.411 e. The molecule has 9 heteroatoms. The first-order chi connectivity index (χ1) is 13.4. The van der Waals surface area contributed by atoms with Crippen LogP contribution in [0.15, 0.2) is 6.33 Å². The molecule has 28 heavy (non-hydrogen) atoms. The molecule has 2 saturated carbocycles. The number of nitrogens with one attached hydrogen (secondary N) is 1. The Morgan fingerprint density at radius 1 is 1.11 bits per heavy atom. The molecule has 154 valence electrons. The highest BCUT2D eigenvalue weighted by Crippen LogP contribution is 2.56. The van der Waals surface area contributed by atoms with E-state index in [0.29, 0.717) is 30.8 Å². The van der Waals surface area contributed by atoms with Crippen LogP contribution in [0.2, 0.25) is 0 Å². The van der Waals surface area contributed by atoms with Crippen molar-refractivity contribution in [2.45, 2.75) is 63.2 Å². The zero-order chi connectivity index (χ0) is 19.5. The number of aromatic nitrogens is 3. The minimum atomic E-state index is -4.35. The Morgan fingerprint density at radius 3 is 2.43 bits per heavy atom. The standard InChI is InChI=1S/C19H26F3N5O/c20-19(21,22)15-9-14(25-18-23-10-24-27(15)18)11-5-7-26(8-6-11)17(28)16-12-3-1-2-4-13(12)16/h10-16H,1-9H2,(H,23,24,25)/t12-,13+,14-,15+,16?/m0/s1. The number of amides is 1. The van der Waals surface area contributed by atoms with Crippen molar-refractivity contribution in [3.05, 3.63) is 6.33 Å². The lowest BCUT2D eigenvalue weighted by Crippen LogP contribution is -2.47. The third-order valence-corrected chi connectivity index (χ3v) is 7.40. The van der Waals surface area contributed by atoms with Gasteiger partial charge in [-0.15, -0.1) is 0 Å². The first-order valence-corrected chi connectivity index (χ1v) is 10.4. The SMILES string of the molecule is O=C(C1[C@H]2CCCC[C@@H]12)N1CCC([C@@H]2C[C@H](C(F)(F)F)n3ncnc3N2)CC1. The number of rotatable bonds is 2. The van der Waals surface area contributed by atoms with Gasteiger partial charge in [0.1, 0.15) is 6.33 Å². The molecule has 2 aliphatic heterocycles. The highest BCUT2D eigenvalue weighted by Gasteiger charge is 2.56. The van der Waals surface area contributed by atoms with Crippen LogP contribution in [-0.2, 0) is 4.79 Å². The Labute approximate surface area is 161 Å². The smallest absolute Gasteiger partial charge is 0.351 e. The summed E-state index contributed by atoms with van der Waals surface area (Å²) in [6.07, 6.45) is 3.12. The molecule has 3 heterocycles. The van der Waals surface area contributed by atoms with Crippen molar-refractivity contribution in [3.63, 3.8) is 0 Å². The number of hydrogen-bond acceptors (Lipinski definition) is 4. The fourth-order valence-electron chi connectivity index (χ4n) is 5.82. The molecule has 0 spiro atoms. The lowest BCUT2D eigenvalue weighted by molar-refractivity contribution is -0.174. The quantitative estimate of drug-likeness (QED) is 0.832. The summed E-state index contributed by atoms with van der Waals surface area (Å²) in [4.78, 5) is 18.8. The molecule has 3 fully saturated rings. The number of fused-ring (bicyclic) bond motifs is 2. The summed E-state index contributed by atoms with van der Waals surface area (Å²) < 4.78 is 41.4. The van der Waals surface area contributed by atoms with Crippen LogP contribution in [0.25, 0.3) is 0 Å². The first kappa shape index (κ1) is 18.2. The Hall–Kier alpha value is -1.80. The van der Waals surface area contributed by atoms with Crippen molar-refractivity contribution >= 4 is 11.9 Å². The van der Waals surface area contributed by atoms with Gasteiger partial charge in [0.15, 0.2) is 6.04 Å². The number of halogens is 3. The van der Waals surface area contributed by atoms with Gasteiger partial charge in [-0.3, -0.25) is 4.79 Å². The average molecular weight is 397 g/mol. The molecule has 1 N–H and O–H groups in total. The van der Waals surface area contributed by atoms with E-state index < -0.39 is 12.2 Å². The molecule has 6 nitrogen and oxygen atoms in total. The lowest BCUT2D eigenvalue weighted by Gasteiger charge is -2.40. The molecule has 1 unspecified atom stereocenters. The predicted molar refractivity (Wildman–Crippen MR) is 95.4 cm³/mol. The van der Waals surface area contributed by atoms with Crippen molar-refractivity contribution in [3.8, 4) is 0 Å². The normalized spacial score (nSPS) is 35.7. The molecule has 4 aliphatic rings. The average Bonchev–Trinajstić information content (AvgIpc) is 3.22. The van der Waals surface area contributed by atoms with E-state index >= 15 is 0 Å². The van der Waals surface area contributed by atoms with Crippen LogP contribution in [0.1, 0.15) is 51.0 Å². The summed E-state index contributed by atoms with van der Waals surface area (Å²) in [6.45, 7) is 1.31. The third-order valence-electron chi connectivity index (χ3n) is 7.40. The fraction of sp³-hybridized carbons (Fsp3) is 0.842. The van der Waals surface area contributed by atoms with E-state index in [-0.39, 0.29) is 30.2 Å². The van der Waals surface area contributed by atoms with Crippen molar-refractivity contribution in [1.82, 2.24) is 19.7 Å². The predicted octanol–water partition coefficient (Wildman–Crippen LogP) is 3.24. The fourth-order valence-corrected chi connectivity index (χ4v) is 5.82. The van der Waals surface area contributed by atoms with Crippen molar-refractivity contribution < 1.29 is 18.0 Å². The molecule has 5 rings (SSSR count). The molecule has 1 amide bonds. The van der Waals surface area contributed by atoms with Gasteiger partial charge in [-0.1, -0.05) is 12.8 Å². The summed E-state index contributed by atoms with van der Waals surface area (Å²) in [5.74, 6) is 2.01. The topological polar surface area (TPSA) is 63.1 Å². The lowest BCUT2D eigenvalue weighted by atomic mass is 9.85. The number of piperidine rings is 1. The van der Waals surface area contributed by atoms with Crippen LogP contribution in [0.5, 0.6) is 0 Å². The number of likely N-dealkylation sites (tertiary alicyclic amines) is 1. The minimum absolute atomic E-state index is 0.0365. The van der Waals surface area contributed by atoms with E-state index in [1.807, 2.05) is 4.90 Å². The maximum absolute atomic E-state index is 13.5. The first-order valence-electron chi connectivity index (χ1n) is 10.4. The van der Waals surface area contributed by atoms with Crippen LogP contribution in [-0.4, -0.2) is 50.9 Å². The Balaban J connectivity index is 1.21. The van der Waals surface area contributed by atoms with Gasteiger partial charge < -0.3 is 10.2 Å². The third kappa shape index (κ3) is 3.06. The number of carbonyl (C=O) groups is 1. The zero-order valence-electron chi connectivity index (χ0n) is 15.7. The largest absolute Gasteiger partial charge is 0.411 e. The van der Waals surface area contributed by atoms with Crippen molar-refractivity contribution in [2.24, 2.45) is 23.7 Å². The van der Waals surface area contributed by atoms with E-state index in [4.69, 9.17) is 0 Å². The molecular weight excluding hydrogens is 371 g/mol. The zero-order valence-corrected chi connectivity index (χ0v) is 15.7. The van der Waals surface area contributed by atoms with E-state index in [9.17, 15) is 18.0 Å². The van der Waals surface area contributed by atoms with Crippen LogP contribution in [0, 0.1) is 23.7 Å². The second-order valence-electron chi connectivity index (χ2n) is 8.87. The van der Waals surface area contributed by atoms with Crippen molar-refractivity contribution in [2.75, 3.05) is 18.4 Å². The molecule has 0 bridgehead atoms. The van der Waals surface area contributed by atoms with Crippen LogP contribution in [0.3, 0.4) is 0 Å². The van der Waals surface area contributed by atoms with Gasteiger partial charge in [-0.05, 0) is 49.9 Å². The Bertz CT molecular complexity index is 730. The molecule has 0 radical (unpaired) electrons. The van der Waals surface area contributed by atoms with Crippen LogP contribution in [0.4, 0.5) is 19.1 Å². The van der Waals surface area contributed by atoms with Gasteiger partial charge in [0.2, 0.25) is 11.9 Å². The Kier molecular flexibility index (Phi) is 4.32. The number of nitrogens with zero attached hydrogens (tertiary/aromatic N) is 4. The number of alkyl halides is 3. The van der Waals surface area contributed by atoms with Gasteiger partial charge in [0.05, 0.1) is 0 Å². The highest BCUT2D eigenvalue weighted by molar-refractivity contribution is 5.82. The second kappa shape index (κ2) is 6.62. The summed E-state index contributed by atoms with van der Waals surface area (Å²) in [7, 11) is 0. The summed E-state index contributed by atoms with van der Waals surface area (Å²) in [5.41, 5.74) is 0. The van der Waals surface area contributed by atoms with Gasteiger partial charge in [0, 0.05) is 25.0 Å². The van der Waals surface area contributed by atoms with Gasteiger partial charge in [-0.2, -0.15) is 23.3 Å². The molecule has 1 aromatic heterocycles. The maximum atomic E-state index is 13.5. The molecule has 5 atom stereocenters. The van der Waals surface area contributed by atoms with E-state index in [0.717, 1.165) is 17.5 Å². The van der Waals surface area contributed by atoms with Crippen molar-refractivity contribution in [1.29, 1.82) is 0 Å². The molecule has 0 aromatic carbocycles. The van der Waals surface area contributed by atoms with Gasteiger partial charge in [-0.25, -0.2) is 4.68 Å². The summed E-state index contributed by atoms with van der Waals surface area (Å²) in [6, 6.07) is -1.92. The number of hydrogen-bond donors (Lipinski definition) is 1. The molecule has 2 aliphatic carbocycles. The van der Waals surface area contributed by atoms with Gasteiger partial charge in [0.25, 0.3) is 0 Å². The highest BCUT2D eigenvalue weighted by atomic mass is 19.4. The van der Waals surface area contributed by atoms with Gasteiger partial charge >= 0.3 is 6.18 Å². The number of carbonyl (C=O) groups excluding carboxylic acids is 1.